The van der Waals surface area contributed by atoms with Crippen LogP contribution in [0.1, 0.15) is 5.56 Å². The van der Waals surface area contributed by atoms with Gasteiger partial charge in [0.25, 0.3) is 0 Å². The van der Waals surface area contributed by atoms with Crippen LogP contribution in [0.2, 0.25) is 5.02 Å². The second-order valence-electron chi connectivity index (χ2n) is 5.79. The summed E-state index contributed by atoms with van der Waals surface area (Å²) in [5.74, 6) is 0.621. The Hall–Kier alpha value is -2.83. The number of fused-ring (bicyclic) bond motifs is 1. The third kappa shape index (κ3) is 3.16. The Balaban J connectivity index is 1.69. The van der Waals surface area contributed by atoms with E-state index in [4.69, 9.17) is 11.6 Å². The van der Waals surface area contributed by atoms with Gasteiger partial charge in [-0.25, -0.2) is 9.78 Å². The molecular weight excluding hydrogens is 368 g/mol. The predicted octanol–water partition coefficient (Wildman–Crippen LogP) is 5.67. The van der Waals surface area contributed by atoms with Crippen molar-refractivity contribution >= 4 is 46.1 Å². The summed E-state index contributed by atoms with van der Waals surface area (Å²) in [7, 11) is 0. The number of amides is 2. The first-order chi connectivity index (χ1) is 12.6. The number of urea groups is 1. The van der Waals surface area contributed by atoms with Crippen molar-refractivity contribution in [3.8, 4) is 11.3 Å². The summed E-state index contributed by atoms with van der Waals surface area (Å²) in [4.78, 5) is 17.3. The number of nitrogens with one attached hydrogen (secondary N) is 2. The molecule has 5 nitrogen and oxygen atoms in total. The molecule has 2 amide bonds. The molecule has 0 bridgehead atoms. The second-order valence-corrected chi connectivity index (χ2v) is 7.00. The number of pyridine rings is 1. The van der Waals surface area contributed by atoms with Crippen LogP contribution in [0.25, 0.3) is 16.9 Å². The number of benzene rings is 1. The van der Waals surface area contributed by atoms with Crippen LogP contribution in [-0.2, 0) is 0 Å². The van der Waals surface area contributed by atoms with Crippen molar-refractivity contribution in [2.24, 2.45) is 0 Å². The van der Waals surface area contributed by atoms with Gasteiger partial charge in [-0.15, -0.1) is 0 Å². The Morgan fingerprint density at radius 2 is 2.08 bits per heavy atom. The summed E-state index contributed by atoms with van der Waals surface area (Å²) < 4.78 is 1.86. The van der Waals surface area contributed by atoms with Crippen LogP contribution in [0.3, 0.4) is 0 Å². The largest absolute Gasteiger partial charge is 0.324 e. The molecule has 0 aliphatic heterocycles. The molecule has 130 valence electrons. The highest BCUT2D eigenvalue weighted by Gasteiger charge is 2.17. The van der Waals surface area contributed by atoms with E-state index in [0.717, 1.165) is 22.5 Å². The first-order valence-electron chi connectivity index (χ1n) is 7.95. The number of imidazole rings is 1. The van der Waals surface area contributed by atoms with Crippen LogP contribution < -0.4 is 10.6 Å². The predicted molar refractivity (Wildman–Crippen MR) is 107 cm³/mol. The first kappa shape index (κ1) is 16.6. The molecule has 0 saturated heterocycles. The normalized spacial score (nSPS) is 10.8. The fourth-order valence-corrected chi connectivity index (χ4v) is 3.52. The fourth-order valence-electron chi connectivity index (χ4n) is 2.71. The van der Waals surface area contributed by atoms with E-state index < -0.39 is 0 Å². The third-order valence-electron chi connectivity index (χ3n) is 4.00. The van der Waals surface area contributed by atoms with Gasteiger partial charge in [0, 0.05) is 27.9 Å². The Morgan fingerprint density at radius 3 is 2.88 bits per heavy atom. The molecule has 2 N–H and O–H groups in total. The SMILES string of the molecule is Cc1ccc(Cl)cc1NC(=O)Nc1c(-c2ccsc2)nc2ccccn12. The molecule has 7 heteroatoms. The lowest BCUT2D eigenvalue weighted by atomic mass is 10.2. The van der Waals surface area contributed by atoms with Gasteiger partial charge in [-0.2, -0.15) is 11.3 Å². The maximum Gasteiger partial charge on any atom is 0.324 e. The standard InChI is InChI=1S/C19H15ClN4OS/c1-12-5-6-14(20)10-15(12)21-19(25)23-18-17(13-7-9-26-11-13)22-16-4-2-3-8-24(16)18/h2-11H,1H3,(H2,21,23,25). The zero-order valence-corrected chi connectivity index (χ0v) is 15.4. The minimum Gasteiger partial charge on any atom is -0.307 e. The van der Waals surface area contributed by atoms with Gasteiger partial charge in [0.2, 0.25) is 0 Å². The molecule has 0 unspecified atom stereocenters. The van der Waals surface area contributed by atoms with Gasteiger partial charge in [-0.1, -0.05) is 23.7 Å². The number of aryl methyl sites for hydroxylation is 1. The van der Waals surface area contributed by atoms with Crippen LogP contribution in [0.15, 0.2) is 59.4 Å². The monoisotopic (exact) mass is 382 g/mol. The van der Waals surface area contributed by atoms with Crippen molar-refractivity contribution < 1.29 is 4.79 Å². The van der Waals surface area contributed by atoms with E-state index in [9.17, 15) is 4.79 Å². The smallest absolute Gasteiger partial charge is 0.307 e. The summed E-state index contributed by atoms with van der Waals surface area (Å²) in [5.41, 5.74) is 4.06. The van der Waals surface area contributed by atoms with Gasteiger partial charge in [0.05, 0.1) is 0 Å². The van der Waals surface area contributed by atoms with Crippen LogP contribution in [0.4, 0.5) is 16.3 Å². The number of hydrogen-bond donors (Lipinski definition) is 2. The number of hydrogen-bond acceptors (Lipinski definition) is 3. The highest BCUT2D eigenvalue weighted by Crippen LogP contribution is 2.30. The molecule has 3 aromatic heterocycles. The average molecular weight is 383 g/mol. The van der Waals surface area contributed by atoms with Crippen molar-refractivity contribution in [3.05, 3.63) is 70.0 Å². The molecule has 0 spiro atoms. The Bertz CT molecular complexity index is 1090. The van der Waals surface area contributed by atoms with E-state index in [1.807, 2.05) is 58.6 Å². The van der Waals surface area contributed by atoms with Gasteiger partial charge >= 0.3 is 6.03 Å². The van der Waals surface area contributed by atoms with E-state index in [-0.39, 0.29) is 6.03 Å². The Labute approximate surface area is 159 Å². The van der Waals surface area contributed by atoms with Gasteiger partial charge in [-0.3, -0.25) is 9.72 Å². The van der Waals surface area contributed by atoms with Crippen LogP contribution >= 0.6 is 22.9 Å². The molecule has 0 fully saturated rings. The molecule has 4 rings (SSSR count). The Morgan fingerprint density at radius 1 is 1.19 bits per heavy atom. The second kappa shape index (κ2) is 6.82. The number of nitrogens with zero attached hydrogens (tertiary/aromatic N) is 2. The molecule has 1 aromatic carbocycles. The van der Waals surface area contributed by atoms with E-state index in [2.05, 4.69) is 15.6 Å². The third-order valence-corrected chi connectivity index (χ3v) is 4.92. The summed E-state index contributed by atoms with van der Waals surface area (Å²) in [5, 5.41) is 10.3. The van der Waals surface area contributed by atoms with Crippen molar-refractivity contribution in [2.75, 3.05) is 10.6 Å². The molecule has 3 heterocycles. The molecule has 0 aliphatic carbocycles. The number of thiophene rings is 1. The zero-order valence-electron chi connectivity index (χ0n) is 13.9. The van der Waals surface area contributed by atoms with Gasteiger partial charge in [-0.05, 0) is 48.2 Å². The number of carbonyl (C=O) groups excluding carboxylic acids is 1. The van der Waals surface area contributed by atoms with Gasteiger partial charge < -0.3 is 5.32 Å². The summed E-state index contributed by atoms with van der Waals surface area (Å²) >= 11 is 7.62. The topological polar surface area (TPSA) is 58.4 Å². The van der Waals surface area contributed by atoms with E-state index in [1.54, 1.807) is 23.5 Å². The highest BCUT2D eigenvalue weighted by molar-refractivity contribution is 7.08. The molecule has 4 aromatic rings. The molecular formula is C19H15ClN4OS. The van der Waals surface area contributed by atoms with E-state index in [1.165, 1.54) is 0 Å². The van der Waals surface area contributed by atoms with Crippen LogP contribution in [-0.4, -0.2) is 15.4 Å². The highest BCUT2D eigenvalue weighted by atomic mass is 35.5. The molecule has 0 atom stereocenters. The summed E-state index contributed by atoms with van der Waals surface area (Å²) in [6.45, 7) is 1.91. The van der Waals surface area contributed by atoms with Crippen molar-refractivity contribution in [1.82, 2.24) is 9.38 Å². The Kier molecular flexibility index (Phi) is 4.36. The minimum atomic E-state index is -0.350. The van der Waals surface area contributed by atoms with E-state index >= 15 is 0 Å². The van der Waals surface area contributed by atoms with Gasteiger partial charge in [0.1, 0.15) is 17.2 Å². The number of aromatic nitrogens is 2. The molecule has 26 heavy (non-hydrogen) atoms. The first-order valence-corrected chi connectivity index (χ1v) is 9.28. The van der Waals surface area contributed by atoms with Gasteiger partial charge in [0.15, 0.2) is 0 Å². The lowest BCUT2D eigenvalue weighted by molar-refractivity contribution is 0.262. The molecule has 0 radical (unpaired) electrons. The number of carbonyl (C=O) groups is 1. The summed E-state index contributed by atoms with van der Waals surface area (Å²) in [6, 6.07) is 12.7. The minimum absolute atomic E-state index is 0.350. The zero-order chi connectivity index (χ0) is 18.1. The van der Waals surface area contributed by atoms with Crippen LogP contribution in [0, 0.1) is 6.92 Å². The van der Waals surface area contributed by atoms with Crippen molar-refractivity contribution in [1.29, 1.82) is 0 Å². The lowest BCUT2D eigenvalue weighted by Gasteiger charge is -2.11. The summed E-state index contributed by atoms with van der Waals surface area (Å²) in [6.07, 6.45) is 1.87. The number of anilines is 2. The van der Waals surface area contributed by atoms with Crippen molar-refractivity contribution in [3.63, 3.8) is 0 Å². The van der Waals surface area contributed by atoms with Crippen molar-refractivity contribution in [2.45, 2.75) is 6.92 Å². The maximum atomic E-state index is 12.6. The molecule has 0 saturated carbocycles. The number of halogens is 1. The lowest BCUT2D eigenvalue weighted by Crippen LogP contribution is -2.21. The fraction of sp³-hybridized carbons (Fsp3) is 0.0526. The number of rotatable bonds is 3. The quantitative estimate of drug-likeness (QED) is 0.479. The average Bonchev–Trinajstić information content (AvgIpc) is 3.26. The van der Waals surface area contributed by atoms with Crippen LogP contribution in [0.5, 0.6) is 0 Å². The van der Waals surface area contributed by atoms with E-state index in [0.29, 0.717) is 16.5 Å². The molecule has 0 aliphatic rings. The maximum absolute atomic E-state index is 12.6.